The van der Waals surface area contributed by atoms with E-state index in [4.69, 9.17) is 5.73 Å². The predicted octanol–water partition coefficient (Wildman–Crippen LogP) is 1.60. The molecule has 0 aliphatic rings. The third kappa shape index (κ3) is 4.05. The summed E-state index contributed by atoms with van der Waals surface area (Å²) in [4.78, 5) is 11.7. The molecule has 6 heteroatoms. The van der Waals surface area contributed by atoms with Crippen LogP contribution in [0.3, 0.4) is 0 Å². The molecule has 0 aliphatic carbocycles. The highest BCUT2D eigenvalue weighted by Gasteiger charge is 2.16. The molecular weight excluding hydrogens is 220 g/mol. The molecule has 1 amide bonds. The van der Waals surface area contributed by atoms with Gasteiger partial charge in [-0.1, -0.05) is 33.1 Å². The fraction of sp³-hybridized carbons (Fsp3) is 0.727. The zero-order valence-electron chi connectivity index (χ0n) is 10.4. The van der Waals surface area contributed by atoms with Crippen LogP contribution < -0.4 is 11.1 Å². The average Bonchev–Trinajstić information content (AvgIpc) is 2.75. The van der Waals surface area contributed by atoms with Crippen molar-refractivity contribution in [1.82, 2.24) is 15.6 Å². The molecule has 1 heterocycles. The lowest BCUT2D eigenvalue weighted by Gasteiger charge is -2.14. The van der Waals surface area contributed by atoms with Crippen LogP contribution in [0.4, 0.5) is 5.82 Å². The van der Waals surface area contributed by atoms with Gasteiger partial charge in [-0.25, -0.2) is 4.63 Å². The molecule has 1 atom stereocenters. The molecule has 0 fully saturated rings. The van der Waals surface area contributed by atoms with Crippen LogP contribution in [-0.2, 0) is 0 Å². The maximum atomic E-state index is 11.7. The second-order valence-electron chi connectivity index (χ2n) is 4.12. The number of amides is 1. The fourth-order valence-electron chi connectivity index (χ4n) is 1.62. The number of aromatic nitrogens is 2. The number of carbonyl (C=O) groups excluding carboxylic acids is 1. The van der Waals surface area contributed by atoms with Crippen LogP contribution in [0, 0.1) is 5.92 Å². The first-order chi connectivity index (χ1) is 8.19. The van der Waals surface area contributed by atoms with E-state index in [2.05, 4.69) is 34.1 Å². The second-order valence-corrected chi connectivity index (χ2v) is 4.12. The summed E-state index contributed by atoms with van der Waals surface area (Å²) < 4.78 is 4.38. The number of nitrogens with one attached hydrogen (secondary N) is 1. The van der Waals surface area contributed by atoms with Gasteiger partial charge in [0, 0.05) is 6.54 Å². The lowest BCUT2D eigenvalue weighted by atomic mass is 9.99. The summed E-state index contributed by atoms with van der Waals surface area (Å²) in [6.07, 6.45) is 4.53. The van der Waals surface area contributed by atoms with Gasteiger partial charge in [0.1, 0.15) is 0 Å². The molecule has 0 spiro atoms. The molecule has 0 saturated heterocycles. The van der Waals surface area contributed by atoms with Crippen molar-refractivity contribution in [1.29, 1.82) is 0 Å². The Hall–Kier alpha value is -1.59. The van der Waals surface area contributed by atoms with Crippen LogP contribution in [0.15, 0.2) is 4.63 Å². The van der Waals surface area contributed by atoms with E-state index in [9.17, 15) is 4.79 Å². The molecule has 3 N–H and O–H groups in total. The van der Waals surface area contributed by atoms with Crippen molar-refractivity contribution in [2.75, 3.05) is 12.3 Å². The Balaban J connectivity index is 2.39. The predicted molar refractivity (Wildman–Crippen MR) is 64.3 cm³/mol. The zero-order valence-corrected chi connectivity index (χ0v) is 10.4. The van der Waals surface area contributed by atoms with Crippen LogP contribution in [-0.4, -0.2) is 22.8 Å². The second kappa shape index (κ2) is 6.88. The summed E-state index contributed by atoms with van der Waals surface area (Å²) in [5.41, 5.74) is 5.50. The molecule has 0 radical (unpaired) electrons. The van der Waals surface area contributed by atoms with Crippen molar-refractivity contribution in [2.24, 2.45) is 5.92 Å². The molecule has 0 aromatic carbocycles. The van der Waals surface area contributed by atoms with E-state index in [0.717, 1.165) is 12.8 Å². The molecule has 1 unspecified atom stereocenters. The number of nitrogen functional groups attached to an aromatic ring is 1. The number of carbonyl (C=O) groups is 1. The summed E-state index contributed by atoms with van der Waals surface area (Å²) in [6, 6.07) is 0. The first-order valence-electron chi connectivity index (χ1n) is 6.05. The van der Waals surface area contributed by atoms with Crippen molar-refractivity contribution in [3.05, 3.63) is 5.69 Å². The van der Waals surface area contributed by atoms with Gasteiger partial charge in [-0.2, -0.15) is 0 Å². The topological polar surface area (TPSA) is 94.0 Å². The molecule has 17 heavy (non-hydrogen) atoms. The van der Waals surface area contributed by atoms with Crippen LogP contribution in [0.5, 0.6) is 0 Å². The average molecular weight is 240 g/mol. The van der Waals surface area contributed by atoms with Gasteiger partial charge < -0.3 is 11.1 Å². The minimum Gasteiger partial charge on any atom is -0.379 e. The Kier molecular flexibility index (Phi) is 5.45. The Morgan fingerprint density at radius 3 is 2.76 bits per heavy atom. The van der Waals surface area contributed by atoms with E-state index < -0.39 is 0 Å². The van der Waals surface area contributed by atoms with Gasteiger partial charge in [0.15, 0.2) is 0 Å². The Labute approximate surface area is 101 Å². The van der Waals surface area contributed by atoms with E-state index in [1.54, 1.807) is 0 Å². The first-order valence-corrected chi connectivity index (χ1v) is 6.05. The molecule has 1 rings (SSSR count). The number of nitrogens with zero attached hydrogens (tertiary/aromatic N) is 2. The van der Waals surface area contributed by atoms with Gasteiger partial charge in [-0.3, -0.25) is 4.79 Å². The Morgan fingerprint density at radius 1 is 1.47 bits per heavy atom. The van der Waals surface area contributed by atoms with E-state index in [0.29, 0.717) is 12.5 Å². The van der Waals surface area contributed by atoms with Gasteiger partial charge in [0.2, 0.25) is 11.5 Å². The Morgan fingerprint density at radius 2 is 2.24 bits per heavy atom. The smallest absolute Gasteiger partial charge is 0.277 e. The molecule has 1 aromatic heterocycles. The van der Waals surface area contributed by atoms with E-state index in [-0.39, 0.29) is 17.4 Å². The molecule has 96 valence electrons. The van der Waals surface area contributed by atoms with Gasteiger partial charge in [0.05, 0.1) is 0 Å². The van der Waals surface area contributed by atoms with Gasteiger partial charge >= 0.3 is 0 Å². The van der Waals surface area contributed by atoms with Gasteiger partial charge in [-0.15, -0.1) is 0 Å². The highest BCUT2D eigenvalue weighted by molar-refractivity contribution is 5.95. The third-order valence-corrected chi connectivity index (χ3v) is 2.82. The molecule has 1 aromatic rings. The maximum Gasteiger partial charge on any atom is 0.277 e. The molecular formula is C11H20N4O2. The number of unbranched alkanes of at least 4 members (excludes halogenated alkanes) is 1. The minimum absolute atomic E-state index is 0.0316. The van der Waals surface area contributed by atoms with Gasteiger partial charge in [-0.05, 0) is 22.7 Å². The third-order valence-electron chi connectivity index (χ3n) is 2.82. The highest BCUT2D eigenvalue weighted by Crippen LogP contribution is 2.12. The zero-order chi connectivity index (χ0) is 12.7. The van der Waals surface area contributed by atoms with Gasteiger partial charge in [0.25, 0.3) is 5.91 Å². The first kappa shape index (κ1) is 13.5. The fourth-order valence-corrected chi connectivity index (χ4v) is 1.62. The summed E-state index contributed by atoms with van der Waals surface area (Å²) in [5.74, 6) is 0.211. The number of anilines is 1. The van der Waals surface area contributed by atoms with E-state index in [1.165, 1.54) is 12.8 Å². The molecule has 0 saturated carbocycles. The highest BCUT2D eigenvalue weighted by atomic mass is 16.6. The molecule has 0 bridgehead atoms. The van der Waals surface area contributed by atoms with Crippen LogP contribution in [0.2, 0.25) is 0 Å². The normalized spacial score (nSPS) is 12.4. The summed E-state index contributed by atoms with van der Waals surface area (Å²) in [6.45, 7) is 4.92. The Bertz CT molecular complexity index is 351. The van der Waals surface area contributed by atoms with E-state index >= 15 is 0 Å². The number of nitrogens with two attached hydrogens (primary N) is 1. The number of hydrogen-bond acceptors (Lipinski definition) is 5. The lowest BCUT2D eigenvalue weighted by molar-refractivity contribution is 0.0936. The summed E-state index contributed by atoms with van der Waals surface area (Å²) in [7, 11) is 0. The van der Waals surface area contributed by atoms with Crippen molar-refractivity contribution < 1.29 is 9.42 Å². The largest absolute Gasteiger partial charge is 0.379 e. The lowest BCUT2D eigenvalue weighted by Crippen LogP contribution is -2.30. The SMILES string of the molecule is CCCCC(CC)CNC(=O)c1nonc1N. The van der Waals surface area contributed by atoms with Crippen molar-refractivity contribution in [3.8, 4) is 0 Å². The van der Waals surface area contributed by atoms with Crippen LogP contribution >= 0.6 is 0 Å². The van der Waals surface area contributed by atoms with Crippen molar-refractivity contribution >= 4 is 11.7 Å². The summed E-state index contributed by atoms with van der Waals surface area (Å²) in [5, 5.41) is 9.63. The minimum atomic E-state index is -0.321. The standard InChI is InChI=1S/C11H20N4O2/c1-3-5-6-8(4-2)7-13-11(16)9-10(12)15-17-14-9/h8H,3-7H2,1-2H3,(H2,12,15)(H,13,16). The van der Waals surface area contributed by atoms with Crippen LogP contribution in [0.1, 0.15) is 50.0 Å². The molecule has 6 nitrogen and oxygen atoms in total. The van der Waals surface area contributed by atoms with Crippen LogP contribution in [0.25, 0.3) is 0 Å². The van der Waals surface area contributed by atoms with Crippen molar-refractivity contribution in [3.63, 3.8) is 0 Å². The number of hydrogen-bond donors (Lipinski definition) is 2. The quantitative estimate of drug-likeness (QED) is 0.754. The van der Waals surface area contributed by atoms with Crippen molar-refractivity contribution in [2.45, 2.75) is 39.5 Å². The van der Waals surface area contributed by atoms with E-state index in [1.807, 2.05) is 0 Å². The monoisotopic (exact) mass is 240 g/mol. The molecule has 0 aliphatic heterocycles. The number of rotatable bonds is 7. The summed E-state index contributed by atoms with van der Waals surface area (Å²) >= 11 is 0. The maximum absolute atomic E-state index is 11.7.